The van der Waals surface area contributed by atoms with Crippen molar-refractivity contribution in [3.8, 4) is 0 Å². The summed E-state index contributed by atoms with van der Waals surface area (Å²) >= 11 is 0. The van der Waals surface area contributed by atoms with Gasteiger partial charge in [0, 0.05) is 6.61 Å². The average molecular weight is 157 g/mol. The molecular weight excluding hydrogens is 140 g/mol. The van der Waals surface area contributed by atoms with Gasteiger partial charge in [-0.3, -0.25) is 0 Å². The van der Waals surface area contributed by atoms with E-state index in [1.807, 2.05) is 0 Å². The highest BCUT2D eigenvalue weighted by Gasteiger charge is 1.92. The van der Waals surface area contributed by atoms with Gasteiger partial charge in [-0.1, -0.05) is 19.1 Å². The van der Waals surface area contributed by atoms with E-state index in [9.17, 15) is 0 Å². The van der Waals surface area contributed by atoms with Gasteiger partial charge in [0.15, 0.2) is 0 Å². The maximum atomic E-state index is 5.44. The topological polar surface area (TPSA) is 9.23 Å². The van der Waals surface area contributed by atoms with Gasteiger partial charge in [0.25, 0.3) is 0 Å². The molecule has 59 valence electrons. The number of hydrogen-bond donors (Lipinski definition) is 0. The zero-order valence-corrected chi connectivity index (χ0v) is 8.18. The molecule has 1 radical (unpaired) electrons. The largest absolute Gasteiger partial charge is 0.417 e. The quantitative estimate of drug-likeness (QED) is 0.338. The molecular formula is C8H17OSi. The van der Waals surface area contributed by atoms with Gasteiger partial charge in [-0.15, -0.1) is 0 Å². The first kappa shape index (κ1) is 9.92. The van der Waals surface area contributed by atoms with Crippen LogP contribution in [0.3, 0.4) is 0 Å². The van der Waals surface area contributed by atoms with Gasteiger partial charge >= 0.3 is 0 Å². The van der Waals surface area contributed by atoms with Crippen LogP contribution in [0, 0.1) is 0 Å². The van der Waals surface area contributed by atoms with Gasteiger partial charge in [0.05, 0.1) is 0 Å². The molecule has 0 aliphatic heterocycles. The zero-order valence-electron chi connectivity index (χ0n) is 7.18. The van der Waals surface area contributed by atoms with Crippen molar-refractivity contribution in [3.05, 3.63) is 12.2 Å². The third kappa shape index (κ3) is 7.92. The van der Waals surface area contributed by atoms with E-state index in [-0.39, 0.29) is 0 Å². The molecule has 0 bridgehead atoms. The fourth-order valence-corrected chi connectivity index (χ4v) is 1.14. The maximum absolute atomic E-state index is 5.44. The van der Waals surface area contributed by atoms with Crippen molar-refractivity contribution in [1.82, 2.24) is 0 Å². The predicted molar refractivity (Wildman–Crippen MR) is 47.5 cm³/mol. The summed E-state index contributed by atoms with van der Waals surface area (Å²) in [6.07, 6.45) is 6.58. The van der Waals surface area contributed by atoms with Gasteiger partial charge < -0.3 is 4.43 Å². The van der Waals surface area contributed by atoms with Crippen molar-refractivity contribution in [2.24, 2.45) is 0 Å². The van der Waals surface area contributed by atoms with Crippen molar-refractivity contribution in [2.75, 3.05) is 6.61 Å². The highest BCUT2D eigenvalue weighted by Crippen LogP contribution is 1.90. The van der Waals surface area contributed by atoms with E-state index < -0.39 is 9.04 Å². The van der Waals surface area contributed by atoms with Crippen molar-refractivity contribution in [2.45, 2.75) is 32.9 Å². The molecule has 0 saturated heterocycles. The predicted octanol–water partition coefficient (Wildman–Crippen LogP) is 2.61. The van der Waals surface area contributed by atoms with Gasteiger partial charge in [-0.25, -0.2) is 0 Å². The van der Waals surface area contributed by atoms with E-state index in [1.165, 1.54) is 0 Å². The molecule has 0 spiro atoms. The summed E-state index contributed by atoms with van der Waals surface area (Å²) in [7, 11) is -0.456. The molecule has 10 heavy (non-hydrogen) atoms. The van der Waals surface area contributed by atoms with Crippen LogP contribution in [0.5, 0.6) is 0 Å². The summed E-state index contributed by atoms with van der Waals surface area (Å²) in [5.74, 6) is 0. The lowest BCUT2D eigenvalue weighted by Crippen LogP contribution is -2.07. The Morgan fingerprint density at radius 3 is 2.50 bits per heavy atom. The Morgan fingerprint density at radius 1 is 1.30 bits per heavy atom. The molecule has 0 aliphatic rings. The second-order valence-electron chi connectivity index (χ2n) is 2.43. The van der Waals surface area contributed by atoms with Crippen LogP contribution in [-0.4, -0.2) is 15.6 Å². The minimum atomic E-state index is -0.456. The number of hydrogen-bond acceptors (Lipinski definition) is 1. The number of allylic oxidation sites excluding steroid dienone is 1. The highest BCUT2D eigenvalue weighted by atomic mass is 28.3. The zero-order chi connectivity index (χ0) is 7.82. The van der Waals surface area contributed by atoms with E-state index in [0.717, 1.165) is 19.4 Å². The van der Waals surface area contributed by atoms with Gasteiger partial charge in [-0.05, 0) is 25.9 Å². The minimum absolute atomic E-state index is 0.456. The molecule has 0 fully saturated rings. The van der Waals surface area contributed by atoms with Crippen LogP contribution in [0.15, 0.2) is 12.2 Å². The lowest BCUT2D eigenvalue weighted by Gasteiger charge is -2.01. The van der Waals surface area contributed by atoms with Crippen LogP contribution in [-0.2, 0) is 4.43 Å². The Balaban J connectivity index is 2.97. The van der Waals surface area contributed by atoms with E-state index in [4.69, 9.17) is 4.43 Å². The lowest BCUT2D eigenvalue weighted by atomic mass is 10.3. The summed E-state index contributed by atoms with van der Waals surface area (Å²) < 4.78 is 5.44. The Kier molecular flexibility index (Phi) is 6.97. The molecule has 1 nitrogen and oxygen atoms in total. The molecule has 0 saturated carbocycles. The monoisotopic (exact) mass is 157 g/mol. The van der Waals surface area contributed by atoms with E-state index in [2.05, 4.69) is 32.2 Å². The molecule has 0 aromatic heterocycles. The van der Waals surface area contributed by atoms with Gasteiger partial charge in [-0.2, -0.15) is 0 Å². The van der Waals surface area contributed by atoms with Crippen LogP contribution in [0.1, 0.15) is 19.8 Å². The first-order chi connectivity index (χ1) is 4.77. The second kappa shape index (κ2) is 7.03. The molecule has 0 aromatic rings. The SMILES string of the molecule is CCC=CCCO[Si](C)C. The number of rotatable bonds is 5. The van der Waals surface area contributed by atoms with Gasteiger partial charge in [0.2, 0.25) is 9.04 Å². The molecule has 0 heterocycles. The fourth-order valence-electron chi connectivity index (χ4n) is 0.616. The summed E-state index contributed by atoms with van der Waals surface area (Å²) in [5.41, 5.74) is 0. The third-order valence-electron chi connectivity index (χ3n) is 1.08. The maximum Gasteiger partial charge on any atom is 0.204 e. The van der Waals surface area contributed by atoms with Crippen LogP contribution in [0.2, 0.25) is 13.1 Å². The van der Waals surface area contributed by atoms with E-state index in [0.29, 0.717) is 0 Å². The van der Waals surface area contributed by atoms with Gasteiger partial charge in [0.1, 0.15) is 0 Å². The molecule has 0 aromatic carbocycles. The van der Waals surface area contributed by atoms with Crippen molar-refractivity contribution in [1.29, 1.82) is 0 Å². The molecule has 0 amide bonds. The third-order valence-corrected chi connectivity index (χ3v) is 1.86. The summed E-state index contributed by atoms with van der Waals surface area (Å²) in [6.45, 7) is 7.37. The normalized spacial score (nSPS) is 11.6. The average Bonchev–Trinajstić information content (AvgIpc) is 1.87. The molecule has 0 unspecified atom stereocenters. The Morgan fingerprint density at radius 2 is 2.00 bits per heavy atom. The summed E-state index contributed by atoms with van der Waals surface area (Å²) in [5, 5.41) is 0. The minimum Gasteiger partial charge on any atom is -0.417 e. The fraction of sp³-hybridized carbons (Fsp3) is 0.750. The lowest BCUT2D eigenvalue weighted by molar-refractivity contribution is 0.334. The standard InChI is InChI=1S/C8H17OSi/c1-4-5-6-7-8-9-10(2)3/h5-6H,4,7-8H2,1-3H3. The van der Waals surface area contributed by atoms with Crippen molar-refractivity contribution in [3.63, 3.8) is 0 Å². The van der Waals surface area contributed by atoms with E-state index in [1.54, 1.807) is 0 Å². The molecule has 0 aliphatic carbocycles. The Bertz CT molecular complexity index is 89.3. The smallest absolute Gasteiger partial charge is 0.204 e. The van der Waals surface area contributed by atoms with Crippen LogP contribution in [0.25, 0.3) is 0 Å². The summed E-state index contributed by atoms with van der Waals surface area (Å²) in [4.78, 5) is 0. The van der Waals surface area contributed by atoms with Crippen molar-refractivity contribution < 1.29 is 4.43 Å². The van der Waals surface area contributed by atoms with Crippen LogP contribution >= 0.6 is 0 Å². The molecule has 2 heteroatoms. The Hall–Kier alpha value is -0.0831. The highest BCUT2D eigenvalue weighted by molar-refractivity contribution is 6.48. The van der Waals surface area contributed by atoms with E-state index >= 15 is 0 Å². The molecule has 0 atom stereocenters. The first-order valence-electron chi connectivity index (χ1n) is 3.85. The second-order valence-corrected chi connectivity index (χ2v) is 4.53. The molecule has 0 N–H and O–H groups in total. The summed E-state index contributed by atoms with van der Waals surface area (Å²) in [6, 6.07) is 0. The Labute approximate surface area is 65.8 Å². The van der Waals surface area contributed by atoms with Crippen LogP contribution in [0.4, 0.5) is 0 Å². The first-order valence-corrected chi connectivity index (χ1v) is 6.26. The van der Waals surface area contributed by atoms with Crippen LogP contribution < -0.4 is 0 Å². The van der Waals surface area contributed by atoms with Crippen molar-refractivity contribution >= 4 is 9.04 Å². The molecule has 0 rings (SSSR count).